The molecule has 0 saturated carbocycles. The highest BCUT2D eigenvalue weighted by molar-refractivity contribution is 5.86. The van der Waals surface area contributed by atoms with Gasteiger partial charge >= 0.3 is 42.2 Å². The van der Waals surface area contributed by atoms with E-state index in [9.17, 15) is 43.2 Å². The van der Waals surface area contributed by atoms with E-state index in [0.717, 1.165) is 6.92 Å². The maximum absolute atomic E-state index is 12.6. The Bertz CT molecular complexity index is 2230. The van der Waals surface area contributed by atoms with Crippen LogP contribution in [0.3, 0.4) is 0 Å². The zero-order valence-electron chi connectivity index (χ0n) is 42.5. The minimum Gasteiger partial charge on any atom is -0.466 e. The molecule has 2 rings (SSSR count). The molecule has 0 spiro atoms. The van der Waals surface area contributed by atoms with Crippen molar-refractivity contribution in [3.8, 4) is 0 Å². The minimum atomic E-state index is -1.12. The molecule has 3 N–H and O–H groups in total. The fourth-order valence-corrected chi connectivity index (χ4v) is 6.38. The van der Waals surface area contributed by atoms with Gasteiger partial charge < -0.3 is 49.1 Å². The Labute approximate surface area is 431 Å². The Morgan fingerprint density at radius 1 is 0.573 bits per heavy atom. The summed E-state index contributed by atoms with van der Waals surface area (Å²) in [5, 5.41) is 30.1. The van der Waals surface area contributed by atoms with Crippen LogP contribution in [0.1, 0.15) is 109 Å². The molecule has 2 aromatic rings. The Balaban J connectivity index is 1.61. The highest BCUT2D eigenvalue weighted by Crippen LogP contribution is 2.10. The second kappa shape index (κ2) is 38.5. The number of aryl methyl sites for hydroxylation is 2. The molecule has 3 atom stereocenters. The first-order chi connectivity index (χ1) is 36.1. The number of amides is 3. The van der Waals surface area contributed by atoms with E-state index in [0.29, 0.717) is 83.7 Å². The summed E-state index contributed by atoms with van der Waals surface area (Å²) in [6, 6.07) is -1.51. The molecule has 414 valence electrons. The number of esters is 4. The third-order valence-electron chi connectivity index (χ3n) is 10.1. The molecule has 0 aliphatic heterocycles. The van der Waals surface area contributed by atoms with E-state index < -0.39 is 73.6 Å². The van der Waals surface area contributed by atoms with Gasteiger partial charge in [0.15, 0.2) is 17.7 Å². The lowest BCUT2D eigenvalue weighted by molar-refractivity contribution is -0.164. The highest BCUT2D eigenvalue weighted by Gasteiger charge is 2.21. The number of nitrogens with one attached hydrogen (secondary N) is 3. The van der Waals surface area contributed by atoms with Crippen molar-refractivity contribution in [2.75, 3.05) is 59.3 Å². The lowest BCUT2D eigenvalue weighted by atomic mass is 10.0. The number of ketones is 2. The lowest BCUT2D eigenvalue weighted by Crippen LogP contribution is -2.40. The molecule has 75 heavy (non-hydrogen) atoms. The van der Waals surface area contributed by atoms with Crippen LogP contribution in [0, 0.1) is 0 Å². The van der Waals surface area contributed by atoms with Crippen molar-refractivity contribution < 1.29 is 76.3 Å². The lowest BCUT2D eigenvalue weighted by Gasteiger charge is -2.17. The molecule has 0 radical (unpaired) electrons. The Kier molecular flexibility index (Phi) is 32.4. The second-order valence-corrected chi connectivity index (χ2v) is 16.5. The quantitative estimate of drug-likeness (QED) is 0.0214. The van der Waals surface area contributed by atoms with Crippen LogP contribution in [0.25, 0.3) is 20.9 Å². The first-order valence-electron chi connectivity index (χ1n) is 24.3. The Morgan fingerprint density at radius 3 is 1.52 bits per heavy atom. The fraction of sp³-hybridized carbons (Fsp3) is 0.705. The second-order valence-electron chi connectivity index (χ2n) is 16.5. The number of rotatable bonds is 40. The number of hydrogen-bond donors (Lipinski definition) is 3. The van der Waals surface area contributed by atoms with Crippen LogP contribution < -0.4 is 16.0 Å². The number of carbonyl (C=O) groups is 9. The van der Waals surface area contributed by atoms with Gasteiger partial charge in [-0.25, -0.2) is 14.4 Å². The molecule has 3 amide bonds. The zero-order valence-corrected chi connectivity index (χ0v) is 42.5. The van der Waals surface area contributed by atoms with Gasteiger partial charge in [-0.05, 0) is 69.9 Å². The van der Waals surface area contributed by atoms with E-state index >= 15 is 0 Å². The summed E-state index contributed by atoms with van der Waals surface area (Å²) in [6.07, 6.45) is 4.34. The fourth-order valence-electron chi connectivity index (χ4n) is 6.38. The number of Topliss-reactive ketones (excluding diaryl/α,β-unsaturated/α-hetero) is 2. The van der Waals surface area contributed by atoms with E-state index in [1.54, 1.807) is 0 Å². The number of aromatic nitrogens is 6. The number of alkyl carbamates (subject to hydrolysis) is 3. The summed E-state index contributed by atoms with van der Waals surface area (Å²) in [4.78, 5) is 114. The van der Waals surface area contributed by atoms with E-state index in [1.165, 1.54) is 35.6 Å². The predicted octanol–water partition coefficient (Wildman–Crippen LogP) is 3.61. The molecule has 3 unspecified atom stereocenters. The largest absolute Gasteiger partial charge is 0.466 e. The van der Waals surface area contributed by atoms with Crippen LogP contribution in [-0.2, 0) is 87.9 Å². The average Bonchev–Trinajstić information content (AvgIpc) is 4.02. The van der Waals surface area contributed by atoms with E-state index in [-0.39, 0.29) is 88.3 Å². The van der Waals surface area contributed by atoms with Gasteiger partial charge in [0.1, 0.15) is 13.2 Å². The van der Waals surface area contributed by atoms with Crippen molar-refractivity contribution in [2.24, 2.45) is 10.2 Å². The molecule has 31 heteroatoms. The SMILES string of the molecule is CC(=O)OC(COC(=O)Cc1cn(CCCOC(=O)CCCCCC(NC(=O)OCCCN=[N+]=[N-])C(C)=O)nn1)COC(=O)Cc1cn(CCCOC(=O)NC(CCCCNC(=O)OCCCN=[N+]=[N-])C(C)=O)nn1. The molecule has 2 aromatic heterocycles. The topological polar surface area (TPSA) is 413 Å². The first-order valence-corrected chi connectivity index (χ1v) is 24.3. The Hall–Kier alpha value is -8.07. The molecule has 31 nitrogen and oxygen atoms in total. The maximum Gasteiger partial charge on any atom is 0.407 e. The summed E-state index contributed by atoms with van der Waals surface area (Å²) in [7, 11) is 0. The van der Waals surface area contributed by atoms with Crippen LogP contribution in [0.5, 0.6) is 0 Å². The number of nitrogens with zero attached hydrogens (tertiary/aromatic N) is 12. The third kappa shape index (κ3) is 31.9. The van der Waals surface area contributed by atoms with Gasteiger partial charge in [-0.3, -0.25) is 38.1 Å². The predicted molar refractivity (Wildman–Crippen MR) is 257 cm³/mol. The zero-order chi connectivity index (χ0) is 55.1. The van der Waals surface area contributed by atoms with E-state index in [1.807, 2.05) is 0 Å². The normalized spacial score (nSPS) is 11.7. The number of ether oxygens (including phenoxy) is 7. The van der Waals surface area contributed by atoms with Gasteiger partial charge in [0.2, 0.25) is 0 Å². The smallest absolute Gasteiger partial charge is 0.407 e. The first kappa shape index (κ1) is 63.0. The molecule has 2 heterocycles. The van der Waals surface area contributed by atoms with Crippen LogP contribution in [0.15, 0.2) is 22.6 Å². The molecule has 0 fully saturated rings. The van der Waals surface area contributed by atoms with Gasteiger partial charge in [-0.1, -0.05) is 33.5 Å². The molecule has 0 bridgehead atoms. The molecular weight excluding hydrogens is 995 g/mol. The molecule has 0 saturated heterocycles. The summed E-state index contributed by atoms with van der Waals surface area (Å²) >= 11 is 0. The molecule has 0 aliphatic carbocycles. The van der Waals surface area contributed by atoms with Crippen molar-refractivity contribution in [3.05, 3.63) is 44.7 Å². The molecule has 0 aromatic carbocycles. The van der Waals surface area contributed by atoms with Crippen LogP contribution >= 0.6 is 0 Å². The Morgan fingerprint density at radius 2 is 1.04 bits per heavy atom. The standard InChI is InChI=1S/C44H67N15O16/c1-31(60)37(50-43(67)71-22-10-18-49-55-46)13-5-4-6-15-39(63)69-23-11-19-58-27-34(52-56-58)25-40(64)73-29-36(75-33(3)62)30-74-41(65)26-35-28-59(57-53-35)20-12-24-72-44(68)51-38(32(2)61)14-7-8-16-47-42(66)70-21-9-17-48-54-45/h27-28,36-38H,4-26,29-30H2,1-3H3,(H,47,66)(H,50,67)(H,51,68). The van der Waals surface area contributed by atoms with E-state index in [2.05, 4.69) is 56.6 Å². The number of azide groups is 2. The van der Waals surface area contributed by atoms with Crippen LogP contribution in [-0.4, -0.2) is 161 Å². The maximum atomic E-state index is 12.6. The van der Waals surface area contributed by atoms with Crippen LogP contribution in [0.2, 0.25) is 0 Å². The van der Waals surface area contributed by atoms with Crippen molar-refractivity contribution in [1.82, 2.24) is 45.9 Å². The number of hydrogen-bond acceptors (Lipinski definition) is 22. The van der Waals surface area contributed by atoms with Crippen molar-refractivity contribution in [3.63, 3.8) is 0 Å². The van der Waals surface area contributed by atoms with Gasteiger partial charge in [-0.2, -0.15) is 0 Å². The summed E-state index contributed by atoms with van der Waals surface area (Å²) < 4.78 is 39.0. The molecular formula is C44H67N15O16. The monoisotopic (exact) mass is 1060 g/mol. The van der Waals surface area contributed by atoms with E-state index in [4.69, 9.17) is 44.2 Å². The van der Waals surface area contributed by atoms with Crippen molar-refractivity contribution in [1.29, 1.82) is 0 Å². The van der Waals surface area contributed by atoms with Gasteiger partial charge in [-0.15, -0.1) is 10.2 Å². The average molecular weight is 1060 g/mol. The highest BCUT2D eigenvalue weighted by atomic mass is 16.6. The summed E-state index contributed by atoms with van der Waals surface area (Å²) in [5.74, 6) is -3.03. The summed E-state index contributed by atoms with van der Waals surface area (Å²) in [5.41, 5.74) is 17.1. The van der Waals surface area contributed by atoms with Gasteiger partial charge in [0.25, 0.3) is 0 Å². The number of unbranched alkanes of at least 4 members (excludes halogenated alkanes) is 3. The summed E-state index contributed by atoms with van der Waals surface area (Å²) in [6.45, 7) is 4.55. The van der Waals surface area contributed by atoms with Gasteiger partial charge in [0.05, 0.1) is 62.7 Å². The number of carbonyl (C=O) groups excluding carboxylic acids is 9. The van der Waals surface area contributed by atoms with Crippen molar-refractivity contribution in [2.45, 2.75) is 142 Å². The third-order valence-corrected chi connectivity index (χ3v) is 10.1. The van der Waals surface area contributed by atoms with Crippen molar-refractivity contribution >= 4 is 53.7 Å². The molecule has 0 aliphatic rings. The van der Waals surface area contributed by atoms with Crippen LogP contribution in [0.4, 0.5) is 14.4 Å². The van der Waals surface area contributed by atoms with Gasteiger partial charge in [0, 0.05) is 81.1 Å². The minimum absolute atomic E-state index is 0.0155.